The van der Waals surface area contributed by atoms with E-state index < -0.39 is 0 Å². The van der Waals surface area contributed by atoms with Crippen molar-refractivity contribution in [2.75, 3.05) is 6.54 Å². The third kappa shape index (κ3) is 3.46. The molecule has 2 rings (SSSR count). The molecule has 1 heterocycles. The fourth-order valence-electron chi connectivity index (χ4n) is 2.70. The van der Waals surface area contributed by atoms with Gasteiger partial charge in [0.15, 0.2) is 0 Å². The Kier molecular flexibility index (Phi) is 4.18. The van der Waals surface area contributed by atoms with Gasteiger partial charge in [-0.05, 0) is 45.1 Å². The normalized spacial score (nSPS) is 34.9. The van der Waals surface area contributed by atoms with E-state index in [-0.39, 0.29) is 5.91 Å². The van der Waals surface area contributed by atoms with E-state index in [1.807, 2.05) is 0 Å². The van der Waals surface area contributed by atoms with Crippen LogP contribution in [-0.2, 0) is 4.79 Å². The summed E-state index contributed by atoms with van der Waals surface area (Å²) in [6.07, 6.45) is 7.18. The van der Waals surface area contributed by atoms with Gasteiger partial charge in [-0.2, -0.15) is 0 Å². The van der Waals surface area contributed by atoms with Gasteiger partial charge in [0.1, 0.15) is 0 Å². The van der Waals surface area contributed by atoms with Crippen molar-refractivity contribution in [1.82, 2.24) is 10.6 Å². The summed E-state index contributed by atoms with van der Waals surface area (Å²) in [5.41, 5.74) is 5.84. The average Bonchev–Trinajstić information content (AvgIpc) is 2.74. The van der Waals surface area contributed by atoms with E-state index in [2.05, 4.69) is 10.6 Å². The largest absolute Gasteiger partial charge is 0.353 e. The third-order valence-electron chi connectivity index (χ3n) is 3.73. The fraction of sp³-hybridized carbons (Fsp3) is 0.917. The van der Waals surface area contributed by atoms with Gasteiger partial charge in [-0.3, -0.25) is 4.79 Å². The molecule has 0 spiro atoms. The van der Waals surface area contributed by atoms with Crippen LogP contribution in [0.2, 0.25) is 0 Å². The standard InChI is InChI=1S/C12H23N3O/c13-9-3-5-10(6-4-9)15-12(16)8-11-2-1-7-14-11/h9-11,14H,1-8,13H2,(H,15,16). The molecule has 2 aliphatic rings. The number of nitrogens with one attached hydrogen (secondary N) is 2. The Morgan fingerprint density at radius 3 is 2.62 bits per heavy atom. The van der Waals surface area contributed by atoms with Gasteiger partial charge in [-0.15, -0.1) is 0 Å². The molecule has 1 atom stereocenters. The molecule has 1 unspecified atom stereocenters. The first-order valence-corrected chi connectivity index (χ1v) is 6.52. The topological polar surface area (TPSA) is 67.1 Å². The molecule has 1 aliphatic heterocycles. The van der Waals surface area contributed by atoms with Crippen LogP contribution in [0.4, 0.5) is 0 Å². The second-order valence-electron chi connectivity index (χ2n) is 5.18. The summed E-state index contributed by atoms with van der Waals surface area (Å²) in [5.74, 6) is 0.208. The highest BCUT2D eigenvalue weighted by atomic mass is 16.1. The maximum atomic E-state index is 11.8. The lowest BCUT2D eigenvalue weighted by molar-refractivity contribution is -0.122. The molecule has 1 amide bonds. The second-order valence-corrected chi connectivity index (χ2v) is 5.18. The maximum absolute atomic E-state index is 11.8. The zero-order valence-electron chi connectivity index (χ0n) is 9.87. The van der Waals surface area contributed by atoms with Crippen molar-refractivity contribution >= 4 is 5.91 Å². The molecule has 16 heavy (non-hydrogen) atoms. The summed E-state index contributed by atoms with van der Waals surface area (Å²) in [6, 6.07) is 1.13. The first kappa shape index (κ1) is 11.9. The van der Waals surface area contributed by atoms with E-state index in [9.17, 15) is 4.79 Å². The minimum absolute atomic E-state index is 0.208. The summed E-state index contributed by atoms with van der Waals surface area (Å²) in [6.45, 7) is 1.07. The highest BCUT2D eigenvalue weighted by Gasteiger charge is 2.22. The summed E-state index contributed by atoms with van der Waals surface area (Å²) >= 11 is 0. The van der Waals surface area contributed by atoms with Crippen LogP contribution in [0.15, 0.2) is 0 Å². The van der Waals surface area contributed by atoms with Crippen LogP contribution in [0.25, 0.3) is 0 Å². The van der Waals surface area contributed by atoms with Gasteiger partial charge < -0.3 is 16.4 Å². The molecule has 4 nitrogen and oxygen atoms in total. The monoisotopic (exact) mass is 225 g/mol. The van der Waals surface area contributed by atoms with E-state index in [0.717, 1.165) is 38.6 Å². The molecular weight excluding hydrogens is 202 g/mol. The summed E-state index contributed by atoms with van der Waals surface area (Å²) in [5, 5.41) is 6.48. The average molecular weight is 225 g/mol. The van der Waals surface area contributed by atoms with Gasteiger partial charge in [0, 0.05) is 24.5 Å². The highest BCUT2D eigenvalue weighted by molar-refractivity contribution is 5.76. The lowest BCUT2D eigenvalue weighted by atomic mass is 9.91. The molecule has 4 heteroatoms. The lowest BCUT2D eigenvalue weighted by Gasteiger charge is -2.27. The van der Waals surface area contributed by atoms with Crippen LogP contribution in [0, 0.1) is 0 Å². The molecule has 0 radical (unpaired) electrons. The van der Waals surface area contributed by atoms with E-state index in [1.54, 1.807) is 0 Å². The van der Waals surface area contributed by atoms with Crippen molar-refractivity contribution in [3.8, 4) is 0 Å². The quantitative estimate of drug-likeness (QED) is 0.656. The number of hydrogen-bond donors (Lipinski definition) is 3. The van der Waals surface area contributed by atoms with Crippen LogP contribution in [0.5, 0.6) is 0 Å². The van der Waals surface area contributed by atoms with Crippen LogP contribution in [0.1, 0.15) is 44.9 Å². The number of carbonyl (C=O) groups excluding carboxylic acids is 1. The molecule has 1 aliphatic carbocycles. The van der Waals surface area contributed by atoms with Gasteiger partial charge in [0.25, 0.3) is 0 Å². The third-order valence-corrected chi connectivity index (χ3v) is 3.73. The lowest BCUT2D eigenvalue weighted by Crippen LogP contribution is -2.42. The first-order chi connectivity index (χ1) is 7.74. The molecule has 1 saturated heterocycles. The molecule has 92 valence electrons. The Hall–Kier alpha value is -0.610. The van der Waals surface area contributed by atoms with Crippen LogP contribution < -0.4 is 16.4 Å². The van der Waals surface area contributed by atoms with Gasteiger partial charge >= 0.3 is 0 Å². The first-order valence-electron chi connectivity index (χ1n) is 6.52. The molecule has 0 bridgehead atoms. The van der Waals surface area contributed by atoms with Gasteiger partial charge in [0.2, 0.25) is 5.91 Å². The summed E-state index contributed by atoms with van der Waals surface area (Å²) < 4.78 is 0. The number of hydrogen-bond acceptors (Lipinski definition) is 3. The molecule has 0 aromatic rings. The predicted octanol–water partition coefficient (Wildman–Crippen LogP) is 0.515. The smallest absolute Gasteiger partial charge is 0.221 e. The van der Waals surface area contributed by atoms with E-state index >= 15 is 0 Å². The van der Waals surface area contributed by atoms with Crippen LogP contribution >= 0.6 is 0 Å². The van der Waals surface area contributed by atoms with Crippen molar-refractivity contribution in [3.05, 3.63) is 0 Å². The summed E-state index contributed by atoms with van der Waals surface area (Å²) in [7, 11) is 0. The van der Waals surface area contributed by atoms with E-state index in [1.165, 1.54) is 6.42 Å². The van der Waals surface area contributed by atoms with Crippen LogP contribution in [-0.4, -0.2) is 30.6 Å². The summed E-state index contributed by atoms with van der Waals surface area (Å²) in [4.78, 5) is 11.8. The molecule has 0 aromatic carbocycles. The molecule has 0 aromatic heterocycles. The van der Waals surface area contributed by atoms with Crippen molar-refractivity contribution in [1.29, 1.82) is 0 Å². The van der Waals surface area contributed by atoms with Gasteiger partial charge in [-0.1, -0.05) is 0 Å². The molecule has 1 saturated carbocycles. The Balaban J connectivity index is 1.66. The molecule has 2 fully saturated rings. The van der Waals surface area contributed by atoms with Gasteiger partial charge in [-0.25, -0.2) is 0 Å². The van der Waals surface area contributed by atoms with Crippen molar-refractivity contribution in [2.45, 2.75) is 63.1 Å². The predicted molar refractivity (Wildman–Crippen MR) is 64.0 cm³/mol. The second kappa shape index (κ2) is 5.64. The van der Waals surface area contributed by atoms with Crippen molar-refractivity contribution in [3.63, 3.8) is 0 Å². The Bertz CT molecular complexity index is 230. The number of carbonyl (C=O) groups is 1. The number of rotatable bonds is 3. The molecule has 4 N–H and O–H groups in total. The highest BCUT2D eigenvalue weighted by Crippen LogP contribution is 2.17. The minimum atomic E-state index is 0.208. The Morgan fingerprint density at radius 1 is 1.25 bits per heavy atom. The van der Waals surface area contributed by atoms with E-state index in [4.69, 9.17) is 5.73 Å². The van der Waals surface area contributed by atoms with Crippen molar-refractivity contribution < 1.29 is 4.79 Å². The molecular formula is C12H23N3O. The van der Waals surface area contributed by atoms with Crippen LogP contribution in [0.3, 0.4) is 0 Å². The number of nitrogens with two attached hydrogens (primary N) is 1. The zero-order chi connectivity index (χ0) is 11.4. The zero-order valence-corrected chi connectivity index (χ0v) is 9.87. The van der Waals surface area contributed by atoms with E-state index in [0.29, 0.717) is 24.5 Å². The Labute approximate surface area is 97.3 Å². The Morgan fingerprint density at radius 2 is 2.00 bits per heavy atom. The minimum Gasteiger partial charge on any atom is -0.353 e. The number of amides is 1. The van der Waals surface area contributed by atoms with Gasteiger partial charge in [0.05, 0.1) is 0 Å². The SMILES string of the molecule is NC1CCC(NC(=O)CC2CCCN2)CC1. The fourth-order valence-corrected chi connectivity index (χ4v) is 2.70. The maximum Gasteiger partial charge on any atom is 0.221 e. The van der Waals surface area contributed by atoms with Crippen molar-refractivity contribution in [2.24, 2.45) is 5.73 Å².